The maximum Gasteiger partial charge on any atom is 0.491 e. The van der Waals surface area contributed by atoms with Crippen molar-refractivity contribution in [2.75, 3.05) is 0 Å². The molecular formula is C21H15BFNO2S. The molecule has 132 valence electrons. The first-order chi connectivity index (χ1) is 13.2. The van der Waals surface area contributed by atoms with E-state index in [2.05, 4.69) is 22.9 Å². The Morgan fingerprint density at radius 2 is 1.85 bits per heavy atom. The highest BCUT2D eigenvalue weighted by Gasteiger charge is 2.27. The van der Waals surface area contributed by atoms with E-state index >= 15 is 0 Å². The van der Waals surface area contributed by atoms with Crippen LogP contribution in [0.1, 0.15) is 5.56 Å². The van der Waals surface area contributed by atoms with Gasteiger partial charge in [0.15, 0.2) is 0 Å². The zero-order valence-electron chi connectivity index (χ0n) is 14.3. The van der Waals surface area contributed by atoms with Gasteiger partial charge in [0.05, 0.1) is 12.1 Å². The van der Waals surface area contributed by atoms with Crippen molar-refractivity contribution in [3.8, 4) is 5.69 Å². The van der Waals surface area contributed by atoms with Gasteiger partial charge in [0.2, 0.25) is 0 Å². The maximum atomic E-state index is 13.2. The van der Waals surface area contributed by atoms with Crippen molar-refractivity contribution in [2.24, 2.45) is 0 Å². The summed E-state index contributed by atoms with van der Waals surface area (Å²) in [4.78, 5) is 2.08. The highest BCUT2D eigenvalue weighted by molar-refractivity contribution is 7.99. The molecule has 2 heterocycles. The number of hydrogen-bond acceptors (Lipinski definition) is 3. The number of nitrogens with zero attached hydrogens (tertiary/aromatic N) is 1. The third-order valence-corrected chi connectivity index (χ3v) is 5.84. The Hall–Kier alpha value is -2.54. The van der Waals surface area contributed by atoms with Crippen LogP contribution in [0.5, 0.6) is 0 Å². The van der Waals surface area contributed by atoms with Crippen molar-refractivity contribution in [3.63, 3.8) is 0 Å². The number of hydrogen-bond donors (Lipinski definition) is 1. The lowest BCUT2D eigenvalue weighted by atomic mass is 9.79. The Labute approximate surface area is 160 Å². The zero-order chi connectivity index (χ0) is 18.4. The molecule has 0 amide bonds. The first-order valence-corrected chi connectivity index (χ1v) is 9.47. The molecule has 3 aromatic carbocycles. The molecular weight excluding hydrogens is 360 g/mol. The largest absolute Gasteiger partial charge is 0.491 e. The van der Waals surface area contributed by atoms with E-state index in [1.165, 1.54) is 12.1 Å². The SMILES string of the molecule is OB1OCc2ccc(-n3cc(Sc4ccc(F)cc4)c4ccccc43)cc21. The minimum atomic E-state index is -0.866. The second kappa shape index (κ2) is 6.57. The fraction of sp³-hybridized carbons (Fsp3) is 0.0476. The third kappa shape index (κ3) is 2.96. The summed E-state index contributed by atoms with van der Waals surface area (Å²) in [7, 11) is -0.866. The summed E-state index contributed by atoms with van der Waals surface area (Å²) in [5.74, 6) is -0.235. The van der Waals surface area contributed by atoms with E-state index in [9.17, 15) is 9.41 Å². The van der Waals surface area contributed by atoms with E-state index in [1.807, 2.05) is 30.3 Å². The minimum absolute atomic E-state index is 0.235. The average Bonchev–Trinajstić information content (AvgIpc) is 3.25. The van der Waals surface area contributed by atoms with Crippen LogP contribution in [0.3, 0.4) is 0 Å². The summed E-state index contributed by atoms with van der Waals surface area (Å²) in [6.07, 6.45) is 2.09. The van der Waals surface area contributed by atoms with Gasteiger partial charge in [-0.3, -0.25) is 0 Å². The molecule has 3 nitrogen and oxygen atoms in total. The van der Waals surface area contributed by atoms with E-state index in [0.29, 0.717) is 6.61 Å². The van der Waals surface area contributed by atoms with Crippen LogP contribution in [0.25, 0.3) is 16.6 Å². The lowest BCUT2D eigenvalue weighted by molar-refractivity contribution is 0.275. The highest BCUT2D eigenvalue weighted by Crippen LogP contribution is 2.36. The first-order valence-electron chi connectivity index (χ1n) is 8.65. The predicted octanol–water partition coefficient (Wildman–Crippen LogP) is 4.14. The Morgan fingerprint density at radius 3 is 2.70 bits per heavy atom. The summed E-state index contributed by atoms with van der Waals surface area (Å²) in [6.45, 7) is 0.439. The zero-order valence-corrected chi connectivity index (χ0v) is 15.1. The number of para-hydroxylation sites is 1. The smallest absolute Gasteiger partial charge is 0.423 e. The fourth-order valence-electron chi connectivity index (χ4n) is 3.42. The summed E-state index contributed by atoms with van der Waals surface area (Å²) in [6, 6.07) is 20.7. The number of benzene rings is 3. The molecule has 0 radical (unpaired) electrons. The molecule has 0 saturated carbocycles. The van der Waals surface area contributed by atoms with E-state index in [-0.39, 0.29) is 5.82 Å². The maximum absolute atomic E-state index is 13.2. The van der Waals surface area contributed by atoms with Crippen LogP contribution < -0.4 is 5.46 Å². The highest BCUT2D eigenvalue weighted by atomic mass is 32.2. The quantitative estimate of drug-likeness (QED) is 0.547. The molecule has 27 heavy (non-hydrogen) atoms. The molecule has 0 unspecified atom stereocenters. The molecule has 1 N–H and O–H groups in total. The molecule has 4 aromatic rings. The van der Waals surface area contributed by atoms with Crippen molar-refractivity contribution >= 4 is 35.2 Å². The van der Waals surface area contributed by atoms with Gasteiger partial charge in [-0.2, -0.15) is 0 Å². The monoisotopic (exact) mass is 375 g/mol. The lowest BCUT2D eigenvalue weighted by Crippen LogP contribution is -2.28. The fourth-order valence-corrected chi connectivity index (χ4v) is 4.39. The van der Waals surface area contributed by atoms with Gasteiger partial charge in [-0.1, -0.05) is 36.0 Å². The summed E-state index contributed by atoms with van der Waals surface area (Å²) in [5, 5.41) is 11.2. The Balaban J connectivity index is 1.61. The number of halogens is 1. The van der Waals surface area contributed by atoms with Gasteiger partial charge in [-0.25, -0.2) is 4.39 Å². The minimum Gasteiger partial charge on any atom is -0.423 e. The van der Waals surface area contributed by atoms with E-state index in [0.717, 1.165) is 37.4 Å². The molecule has 6 heteroatoms. The number of rotatable bonds is 3. The predicted molar refractivity (Wildman–Crippen MR) is 106 cm³/mol. The van der Waals surface area contributed by atoms with Crippen LogP contribution >= 0.6 is 11.8 Å². The van der Waals surface area contributed by atoms with E-state index < -0.39 is 7.12 Å². The van der Waals surface area contributed by atoms with Gasteiger partial charge in [0.1, 0.15) is 5.82 Å². The van der Waals surface area contributed by atoms with Crippen LogP contribution in [-0.2, 0) is 11.3 Å². The van der Waals surface area contributed by atoms with Crippen LogP contribution in [0, 0.1) is 5.82 Å². The normalized spacial score (nSPS) is 13.3. The van der Waals surface area contributed by atoms with Crippen molar-refractivity contribution in [1.29, 1.82) is 0 Å². The Kier molecular flexibility index (Phi) is 4.04. The topological polar surface area (TPSA) is 34.4 Å². The van der Waals surface area contributed by atoms with E-state index in [4.69, 9.17) is 4.65 Å². The van der Waals surface area contributed by atoms with Crippen molar-refractivity contribution in [2.45, 2.75) is 16.4 Å². The van der Waals surface area contributed by atoms with Gasteiger partial charge in [-0.05, 0) is 53.5 Å². The molecule has 0 aliphatic carbocycles. The number of fused-ring (bicyclic) bond motifs is 2. The molecule has 0 fully saturated rings. The van der Waals surface area contributed by atoms with Crippen LogP contribution in [0.2, 0.25) is 0 Å². The van der Waals surface area contributed by atoms with E-state index in [1.54, 1.807) is 23.9 Å². The molecule has 0 atom stereocenters. The van der Waals surface area contributed by atoms with Crippen molar-refractivity contribution < 1.29 is 14.1 Å². The second-order valence-electron chi connectivity index (χ2n) is 6.48. The molecule has 0 bridgehead atoms. The van der Waals surface area contributed by atoms with Crippen molar-refractivity contribution in [1.82, 2.24) is 4.57 Å². The molecule has 0 spiro atoms. The Bertz CT molecular complexity index is 1140. The molecule has 0 saturated heterocycles. The third-order valence-electron chi connectivity index (χ3n) is 4.79. The van der Waals surface area contributed by atoms with Crippen molar-refractivity contribution in [3.05, 3.63) is 84.3 Å². The molecule has 1 aromatic heterocycles. The lowest BCUT2D eigenvalue weighted by Gasteiger charge is -2.07. The van der Waals surface area contributed by atoms with Gasteiger partial charge >= 0.3 is 7.12 Å². The molecule has 5 rings (SSSR count). The van der Waals surface area contributed by atoms with Crippen LogP contribution in [-0.4, -0.2) is 16.7 Å². The molecule has 1 aliphatic rings. The van der Waals surface area contributed by atoms with Gasteiger partial charge < -0.3 is 14.2 Å². The van der Waals surface area contributed by atoms with Crippen LogP contribution in [0.15, 0.2) is 82.7 Å². The summed E-state index contributed by atoms with van der Waals surface area (Å²) < 4.78 is 20.6. The summed E-state index contributed by atoms with van der Waals surface area (Å²) >= 11 is 1.61. The number of aromatic nitrogens is 1. The average molecular weight is 375 g/mol. The van der Waals surface area contributed by atoms with Gasteiger partial charge in [-0.15, -0.1) is 0 Å². The molecule has 1 aliphatic heterocycles. The van der Waals surface area contributed by atoms with Gasteiger partial charge in [0.25, 0.3) is 0 Å². The van der Waals surface area contributed by atoms with Crippen LogP contribution in [0.4, 0.5) is 4.39 Å². The summed E-state index contributed by atoms with van der Waals surface area (Å²) in [5.41, 5.74) is 3.89. The second-order valence-corrected chi connectivity index (χ2v) is 7.60. The van der Waals surface area contributed by atoms with Gasteiger partial charge in [0, 0.05) is 27.1 Å². The standard InChI is InChI=1S/C21H15BFNO2S/c23-15-6-9-17(10-7-15)27-21-12-24(20-4-2-1-3-18(20)21)16-8-5-14-13-26-22(25)19(14)11-16/h1-12,25H,13H2. The first kappa shape index (κ1) is 16.6. The Morgan fingerprint density at radius 1 is 1.04 bits per heavy atom.